The van der Waals surface area contributed by atoms with Crippen LogP contribution in [-0.2, 0) is 22.4 Å². The summed E-state index contributed by atoms with van der Waals surface area (Å²) < 4.78 is 10.5. The van der Waals surface area contributed by atoms with E-state index in [-0.39, 0.29) is 30.0 Å². The molecule has 2 aromatic rings. The average molecular weight is 498 g/mol. The van der Waals surface area contributed by atoms with Gasteiger partial charge in [0.05, 0.1) is 7.11 Å². The number of hydrogen-bond donors (Lipinski definition) is 3. The molecule has 0 aromatic heterocycles. The summed E-state index contributed by atoms with van der Waals surface area (Å²) in [4.78, 5) is 40.7. The number of carboxylic acid groups (broad SMARTS) is 1. The molecule has 1 atom stereocenters. The second-order valence-electron chi connectivity index (χ2n) is 9.13. The van der Waals surface area contributed by atoms with Gasteiger partial charge in [0.15, 0.2) is 11.5 Å². The number of nitrogens with zero attached hydrogens (tertiary/aromatic N) is 2. The molecule has 1 fully saturated rings. The lowest BCUT2D eigenvalue weighted by atomic mass is 10.0. The Morgan fingerprint density at radius 3 is 2.58 bits per heavy atom. The van der Waals surface area contributed by atoms with E-state index in [4.69, 9.17) is 9.47 Å². The van der Waals surface area contributed by atoms with E-state index in [1.165, 1.54) is 18.1 Å². The number of anilines is 1. The summed E-state index contributed by atoms with van der Waals surface area (Å²) in [5.74, 6) is -1.05. The number of methoxy groups -OCH3 is 1. The summed E-state index contributed by atoms with van der Waals surface area (Å²) in [5.41, 5.74) is 3.01. The number of piperidine rings is 1. The summed E-state index contributed by atoms with van der Waals surface area (Å²) >= 11 is 0. The number of carboxylic acids is 1. The third-order valence-corrected chi connectivity index (χ3v) is 6.79. The predicted molar refractivity (Wildman–Crippen MR) is 131 cm³/mol. The molecule has 2 aliphatic heterocycles. The molecule has 0 saturated carbocycles. The standard InChI is InChI=1S/C26H31N3O7/c1-16-13-17(14-21(35-2)23(16)30)15-22(24(31)32)36-26(34)28-10-8-19(9-11-28)29-12-7-18-5-3-4-6-20(18)27-25(29)33/h3-6,13-14,19,22,30H,7-12,15H2,1-2H3,(H,27,33)(H,31,32). The first-order chi connectivity index (χ1) is 17.3. The minimum absolute atomic E-state index is 0.0186. The third kappa shape index (κ3) is 5.48. The van der Waals surface area contributed by atoms with Gasteiger partial charge in [-0.25, -0.2) is 14.4 Å². The molecule has 2 heterocycles. The van der Waals surface area contributed by atoms with Crippen LogP contribution in [0.3, 0.4) is 0 Å². The number of aliphatic carboxylic acids is 1. The van der Waals surface area contributed by atoms with Crippen LogP contribution in [0.2, 0.25) is 0 Å². The first kappa shape index (κ1) is 25.2. The van der Waals surface area contributed by atoms with E-state index >= 15 is 0 Å². The molecule has 3 N–H and O–H groups in total. The van der Waals surface area contributed by atoms with Crippen molar-refractivity contribution >= 4 is 23.8 Å². The molecule has 0 radical (unpaired) electrons. The molecule has 2 aliphatic rings. The number of carbonyl (C=O) groups excluding carboxylic acids is 2. The number of aryl methyl sites for hydroxylation is 1. The largest absolute Gasteiger partial charge is 0.504 e. The highest BCUT2D eigenvalue weighted by atomic mass is 16.6. The quantitative estimate of drug-likeness (QED) is 0.558. The van der Waals surface area contributed by atoms with Gasteiger partial charge in [-0.15, -0.1) is 0 Å². The molecule has 1 saturated heterocycles. The second kappa shape index (κ2) is 10.8. The molecular formula is C26H31N3O7. The zero-order chi connectivity index (χ0) is 25.8. The number of ether oxygens (including phenoxy) is 2. The van der Waals surface area contributed by atoms with Crippen molar-refractivity contribution in [3.8, 4) is 11.5 Å². The van der Waals surface area contributed by atoms with E-state index in [0.29, 0.717) is 43.6 Å². The number of para-hydroxylation sites is 1. The van der Waals surface area contributed by atoms with Crippen molar-refractivity contribution in [1.82, 2.24) is 9.80 Å². The van der Waals surface area contributed by atoms with Gasteiger partial charge in [0, 0.05) is 37.8 Å². The topological polar surface area (TPSA) is 129 Å². The fraction of sp³-hybridized carbons (Fsp3) is 0.423. The second-order valence-corrected chi connectivity index (χ2v) is 9.13. The summed E-state index contributed by atoms with van der Waals surface area (Å²) in [6.45, 7) is 2.99. The Labute approximate surface area is 209 Å². The number of likely N-dealkylation sites (tertiary alicyclic amines) is 1. The highest BCUT2D eigenvalue weighted by molar-refractivity contribution is 5.91. The van der Waals surface area contributed by atoms with Gasteiger partial charge in [0.25, 0.3) is 0 Å². The zero-order valence-electron chi connectivity index (χ0n) is 20.4. The number of rotatable bonds is 6. The highest BCUT2D eigenvalue weighted by Crippen LogP contribution is 2.31. The number of aromatic hydroxyl groups is 1. The maximum absolute atomic E-state index is 12.8. The zero-order valence-corrected chi connectivity index (χ0v) is 20.4. The minimum atomic E-state index is -1.39. The van der Waals surface area contributed by atoms with Crippen LogP contribution < -0.4 is 10.1 Å². The van der Waals surface area contributed by atoms with Gasteiger partial charge in [-0.05, 0) is 55.0 Å². The van der Waals surface area contributed by atoms with Gasteiger partial charge in [-0.1, -0.05) is 24.3 Å². The smallest absolute Gasteiger partial charge is 0.410 e. The highest BCUT2D eigenvalue weighted by Gasteiger charge is 2.33. The lowest BCUT2D eigenvalue weighted by molar-refractivity contribution is -0.147. The normalized spacial score (nSPS) is 17.0. The third-order valence-electron chi connectivity index (χ3n) is 6.79. The molecule has 192 valence electrons. The van der Waals surface area contributed by atoms with Crippen molar-refractivity contribution in [1.29, 1.82) is 0 Å². The number of nitrogens with one attached hydrogen (secondary N) is 1. The Kier molecular flexibility index (Phi) is 7.52. The van der Waals surface area contributed by atoms with E-state index in [2.05, 4.69) is 5.32 Å². The molecule has 4 rings (SSSR count). The van der Waals surface area contributed by atoms with Gasteiger partial charge in [-0.3, -0.25) is 0 Å². The van der Waals surface area contributed by atoms with E-state index in [9.17, 15) is 24.6 Å². The van der Waals surface area contributed by atoms with Crippen molar-refractivity contribution in [2.24, 2.45) is 0 Å². The van der Waals surface area contributed by atoms with Gasteiger partial charge in [0.1, 0.15) is 0 Å². The Hall–Kier alpha value is -3.95. The summed E-state index contributed by atoms with van der Waals surface area (Å²) in [6, 6.07) is 10.7. The van der Waals surface area contributed by atoms with Gasteiger partial charge >= 0.3 is 18.1 Å². The van der Waals surface area contributed by atoms with Crippen LogP contribution >= 0.6 is 0 Å². The summed E-state index contributed by atoms with van der Waals surface area (Å²) in [7, 11) is 1.41. The number of hydrogen-bond acceptors (Lipinski definition) is 6. The number of benzene rings is 2. The van der Waals surface area contributed by atoms with Crippen molar-refractivity contribution in [2.75, 3.05) is 32.1 Å². The van der Waals surface area contributed by atoms with Crippen molar-refractivity contribution in [3.05, 3.63) is 53.1 Å². The first-order valence-corrected chi connectivity index (χ1v) is 12.0. The number of urea groups is 1. The van der Waals surface area contributed by atoms with E-state index in [1.54, 1.807) is 13.0 Å². The summed E-state index contributed by atoms with van der Waals surface area (Å²) in [6.07, 6.45) is -0.256. The molecule has 1 unspecified atom stereocenters. The molecule has 3 amide bonds. The van der Waals surface area contributed by atoms with Gasteiger partial charge in [0.2, 0.25) is 6.10 Å². The van der Waals surface area contributed by atoms with Crippen molar-refractivity contribution in [3.63, 3.8) is 0 Å². The Balaban J connectivity index is 1.34. The van der Waals surface area contributed by atoms with E-state index in [0.717, 1.165) is 17.7 Å². The lowest BCUT2D eigenvalue weighted by Crippen LogP contribution is -2.50. The molecular weight excluding hydrogens is 466 g/mol. The van der Waals surface area contributed by atoms with Crippen LogP contribution in [0.1, 0.15) is 29.5 Å². The van der Waals surface area contributed by atoms with Crippen molar-refractivity contribution < 1.29 is 34.1 Å². The molecule has 0 spiro atoms. The number of carbonyl (C=O) groups is 3. The Morgan fingerprint density at radius 2 is 1.89 bits per heavy atom. The maximum atomic E-state index is 12.8. The SMILES string of the molecule is COc1cc(CC(OC(=O)N2CCC(N3CCc4ccccc4NC3=O)CC2)C(=O)O)cc(C)c1O. The lowest BCUT2D eigenvalue weighted by Gasteiger charge is -2.37. The predicted octanol–water partition coefficient (Wildman–Crippen LogP) is 3.40. The van der Waals surface area contributed by atoms with Crippen LogP contribution in [0.15, 0.2) is 36.4 Å². The molecule has 2 aromatic carbocycles. The van der Waals surface area contributed by atoms with Gasteiger partial charge in [-0.2, -0.15) is 0 Å². The van der Waals surface area contributed by atoms with Gasteiger partial charge < -0.3 is 34.8 Å². The van der Waals surface area contributed by atoms with Crippen LogP contribution in [0, 0.1) is 6.92 Å². The van der Waals surface area contributed by atoms with Crippen molar-refractivity contribution in [2.45, 2.75) is 44.8 Å². The molecule has 36 heavy (non-hydrogen) atoms. The number of phenolic OH excluding ortho intramolecular Hbond substituents is 1. The summed E-state index contributed by atoms with van der Waals surface area (Å²) in [5, 5.41) is 22.6. The fourth-order valence-electron chi connectivity index (χ4n) is 4.78. The Bertz CT molecular complexity index is 1140. The maximum Gasteiger partial charge on any atom is 0.410 e. The van der Waals surface area contributed by atoms with Crippen LogP contribution in [0.25, 0.3) is 0 Å². The van der Waals surface area contributed by atoms with Crippen LogP contribution in [0.5, 0.6) is 11.5 Å². The molecule has 10 heteroatoms. The number of fused-ring (bicyclic) bond motifs is 1. The average Bonchev–Trinajstić information content (AvgIpc) is 3.03. The molecule has 0 bridgehead atoms. The Morgan fingerprint density at radius 1 is 1.17 bits per heavy atom. The van der Waals surface area contributed by atoms with E-state index in [1.807, 2.05) is 29.2 Å². The van der Waals surface area contributed by atoms with Crippen LogP contribution in [-0.4, -0.2) is 77.0 Å². The van der Waals surface area contributed by atoms with Crippen LogP contribution in [0.4, 0.5) is 15.3 Å². The first-order valence-electron chi connectivity index (χ1n) is 12.0. The fourth-order valence-corrected chi connectivity index (χ4v) is 4.78. The number of amides is 3. The van der Waals surface area contributed by atoms with E-state index < -0.39 is 18.2 Å². The molecule has 0 aliphatic carbocycles. The minimum Gasteiger partial charge on any atom is -0.504 e. The molecule has 10 nitrogen and oxygen atoms in total. The number of phenols is 1. The monoisotopic (exact) mass is 497 g/mol.